The van der Waals surface area contributed by atoms with Crippen LogP contribution < -0.4 is 5.32 Å². The minimum absolute atomic E-state index is 0.365. The van der Waals surface area contributed by atoms with Crippen LogP contribution in [0.5, 0.6) is 0 Å². The van der Waals surface area contributed by atoms with Gasteiger partial charge in [-0.1, -0.05) is 36.2 Å². The summed E-state index contributed by atoms with van der Waals surface area (Å²) >= 11 is 0. The highest BCUT2D eigenvalue weighted by Gasteiger charge is 2.19. The average molecular weight is 221 g/mol. The Morgan fingerprint density at radius 1 is 1.44 bits per heavy atom. The van der Waals surface area contributed by atoms with Crippen LogP contribution in [0.3, 0.4) is 0 Å². The van der Waals surface area contributed by atoms with E-state index in [0.29, 0.717) is 12.5 Å². The number of halogens is 1. The molecule has 1 aromatic carbocycles. The number of alkyl halides is 1. The normalized spacial score (nSPS) is 23.0. The molecular weight excluding hydrogens is 201 g/mol. The van der Waals surface area contributed by atoms with Gasteiger partial charge in [-0.15, -0.1) is 0 Å². The highest BCUT2D eigenvalue weighted by atomic mass is 19.1. The van der Waals surface area contributed by atoms with Crippen molar-refractivity contribution >= 4 is 0 Å². The first-order chi connectivity index (χ1) is 7.75. The fourth-order valence-corrected chi connectivity index (χ4v) is 2.38. The number of piperidine rings is 1. The van der Waals surface area contributed by atoms with E-state index in [1.54, 1.807) is 0 Å². The fourth-order valence-electron chi connectivity index (χ4n) is 2.38. The van der Waals surface area contributed by atoms with Crippen LogP contribution in [0.15, 0.2) is 24.3 Å². The molecule has 0 spiro atoms. The highest BCUT2D eigenvalue weighted by Crippen LogP contribution is 2.26. The van der Waals surface area contributed by atoms with Crippen LogP contribution in [0.4, 0.5) is 4.39 Å². The van der Waals surface area contributed by atoms with Crippen LogP contribution in [-0.2, 0) is 0 Å². The van der Waals surface area contributed by atoms with Crippen molar-refractivity contribution in [3.8, 4) is 0 Å². The molecule has 0 saturated carbocycles. The number of benzene rings is 1. The van der Waals surface area contributed by atoms with Crippen LogP contribution in [-0.4, -0.2) is 12.6 Å². The third-order valence-electron chi connectivity index (χ3n) is 3.31. The van der Waals surface area contributed by atoms with Gasteiger partial charge in [0.05, 0.1) is 0 Å². The predicted molar refractivity (Wildman–Crippen MR) is 65.3 cm³/mol. The molecule has 2 heteroatoms. The van der Waals surface area contributed by atoms with Crippen molar-refractivity contribution in [2.75, 3.05) is 6.54 Å². The molecule has 1 saturated heterocycles. The van der Waals surface area contributed by atoms with E-state index in [4.69, 9.17) is 0 Å². The molecule has 0 radical (unpaired) electrons. The number of hydrogen-bond acceptors (Lipinski definition) is 1. The van der Waals surface area contributed by atoms with E-state index in [1.807, 2.05) is 31.2 Å². The van der Waals surface area contributed by atoms with Gasteiger partial charge < -0.3 is 5.32 Å². The van der Waals surface area contributed by atoms with Crippen LogP contribution in [0, 0.1) is 6.92 Å². The van der Waals surface area contributed by atoms with Gasteiger partial charge in [-0.25, -0.2) is 4.39 Å². The van der Waals surface area contributed by atoms with E-state index in [1.165, 1.54) is 12.8 Å². The molecule has 1 aliphatic heterocycles. The molecule has 0 aromatic heterocycles. The van der Waals surface area contributed by atoms with Gasteiger partial charge in [-0.2, -0.15) is 0 Å². The molecule has 1 N–H and O–H groups in total. The van der Waals surface area contributed by atoms with E-state index < -0.39 is 6.17 Å². The minimum Gasteiger partial charge on any atom is -0.314 e. The first kappa shape index (κ1) is 11.6. The van der Waals surface area contributed by atoms with E-state index in [0.717, 1.165) is 24.1 Å². The Morgan fingerprint density at radius 2 is 2.31 bits per heavy atom. The first-order valence-electron chi connectivity index (χ1n) is 6.20. The molecule has 2 unspecified atom stereocenters. The zero-order valence-electron chi connectivity index (χ0n) is 9.88. The topological polar surface area (TPSA) is 12.0 Å². The molecule has 0 amide bonds. The summed E-state index contributed by atoms with van der Waals surface area (Å²) in [5.74, 6) is 0. The standard InChI is InChI=1S/C14H20FN/c1-11-5-4-6-12(9-11)14(15)10-13-7-2-3-8-16-13/h4-6,9,13-14,16H,2-3,7-8,10H2,1H3. The number of aryl methyl sites for hydroxylation is 1. The summed E-state index contributed by atoms with van der Waals surface area (Å²) in [4.78, 5) is 0. The maximum atomic E-state index is 14.1. The molecule has 88 valence electrons. The Labute approximate surface area is 97.1 Å². The van der Waals surface area contributed by atoms with Gasteiger partial charge in [0, 0.05) is 6.04 Å². The van der Waals surface area contributed by atoms with Crippen molar-refractivity contribution in [1.82, 2.24) is 5.32 Å². The van der Waals surface area contributed by atoms with E-state index in [2.05, 4.69) is 5.32 Å². The third kappa shape index (κ3) is 3.05. The molecule has 1 aromatic rings. The van der Waals surface area contributed by atoms with Gasteiger partial charge in [0.15, 0.2) is 0 Å². The van der Waals surface area contributed by atoms with Gasteiger partial charge in [0.25, 0.3) is 0 Å². The zero-order chi connectivity index (χ0) is 11.4. The second-order valence-electron chi connectivity index (χ2n) is 4.76. The molecule has 1 aliphatic rings. The summed E-state index contributed by atoms with van der Waals surface area (Å²) in [6.45, 7) is 3.06. The molecular formula is C14H20FN. The largest absolute Gasteiger partial charge is 0.314 e. The lowest BCUT2D eigenvalue weighted by atomic mass is 9.96. The maximum Gasteiger partial charge on any atom is 0.127 e. The van der Waals surface area contributed by atoms with Crippen LogP contribution in [0.2, 0.25) is 0 Å². The summed E-state index contributed by atoms with van der Waals surface area (Å²) in [7, 11) is 0. The smallest absolute Gasteiger partial charge is 0.127 e. The quantitative estimate of drug-likeness (QED) is 0.823. The van der Waals surface area contributed by atoms with Gasteiger partial charge >= 0.3 is 0 Å². The van der Waals surface area contributed by atoms with E-state index in [9.17, 15) is 4.39 Å². The Bertz CT molecular complexity index is 331. The van der Waals surface area contributed by atoms with Crippen LogP contribution in [0.1, 0.15) is 43.0 Å². The average Bonchev–Trinajstić information content (AvgIpc) is 2.30. The van der Waals surface area contributed by atoms with Crippen molar-refractivity contribution in [1.29, 1.82) is 0 Å². The van der Waals surface area contributed by atoms with Gasteiger partial charge in [0.2, 0.25) is 0 Å². The second-order valence-corrected chi connectivity index (χ2v) is 4.76. The Kier molecular flexibility index (Phi) is 3.94. The lowest BCUT2D eigenvalue weighted by Gasteiger charge is -2.25. The number of rotatable bonds is 3. The first-order valence-corrected chi connectivity index (χ1v) is 6.20. The van der Waals surface area contributed by atoms with E-state index in [-0.39, 0.29) is 0 Å². The van der Waals surface area contributed by atoms with E-state index >= 15 is 0 Å². The van der Waals surface area contributed by atoms with Crippen molar-refractivity contribution in [3.05, 3.63) is 35.4 Å². The van der Waals surface area contributed by atoms with Gasteiger partial charge in [-0.05, 0) is 38.3 Å². The van der Waals surface area contributed by atoms with Crippen molar-refractivity contribution in [3.63, 3.8) is 0 Å². The van der Waals surface area contributed by atoms with Crippen molar-refractivity contribution in [2.45, 2.75) is 44.8 Å². The number of nitrogens with one attached hydrogen (secondary N) is 1. The molecule has 1 heterocycles. The Balaban J connectivity index is 1.94. The summed E-state index contributed by atoms with van der Waals surface area (Å²) in [5, 5.41) is 3.39. The second kappa shape index (κ2) is 5.44. The Morgan fingerprint density at radius 3 is 3.00 bits per heavy atom. The van der Waals surface area contributed by atoms with Crippen LogP contribution in [0.25, 0.3) is 0 Å². The molecule has 1 fully saturated rings. The van der Waals surface area contributed by atoms with Gasteiger partial charge in [0.1, 0.15) is 6.17 Å². The molecule has 16 heavy (non-hydrogen) atoms. The SMILES string of the molecule is Cc1cccc(C(F)CC2CCCCN2)c1. The molecule has 0 bridgehead atoms. The number of hydrogen-bond donors (Lipinski definition) is 1. The summed E-state index contributed by atoms with van der Waals surface area (Å²) in [6, 6.07) is 8.15. The lowest BCUT2D eigenvalue weighted by Crippen LogP contribution is -2.34. The summed E-state index contributed by atoms with van der Waals surface area (Å²) < 4.78 is 14.1. The van der Waals surface area contributed by atoms with Crippen molar-refractivity contribution in [2.24, 2.45) is 0 Å². The molecule has 1 nitrogen and oxygen atoms in total. The fraction of sp³-hybridized carbons (Fsp3) is 0.571. The monoisotopic (exact) mass is 221 g/mol. The lowest BCUT2D eigenvalue weighted by molar-refractivity contribution is 0.260. The molecule has 2 atom stereocenters. The van der Waals surface area contributed by atoms with Gasteiger partial charge in [-0.3, -0.25) is 0 Å². The van der Waals surface area contributed by atoms with Crippen molar-refractivity contribution < 1.29 is 4.39 Å². The third-order valence-corrected chi connectivity index (χ3v) is 3.31. The van der Waals surface area contributed by atoms with Crippen LogP contribution >= 0.6 is 0 Å². The maximum absolute atomic E-state index is 14.1. The summed E-state index contributed by atoms with van der Waals surface area (Å²) in [5.41, 5.74) is 1.96. The Hall–Kier alpha value is -0.890. The summed E-state index contributed by atoms with van der Waals surface area (Å²) in [6.07, 6.45) is 3.38. The molecule has 2 rings (SSSR count). The minimum atomic E-state index is -0.824. The molecule has 0 aliphatic carbocycles. The zero-order valence-corrected chi connectivity index (χ0v) is 9.88. The highest BCUT2D eigenvalue weighted by molar-refractivity contribution is 5.24. The predicted octanol–water partition coefficient (Wildman–Crippen LogP) is 3.54.